The maximum Gasteiger partial charge on any atom is 0.417 e. The largest absolute Gasteiger partial charge is 0.460 e. The molecular formula is C23H20F3N3O4S. The van der Waals surface area contributed by atoms with Crippen molar-refractivity contribution in [2.24, 2.45) is 5.92 Å². The van der Waals surface area contributed by atoms with E-state index in [0.29, 0.717) is 16.6 Å². The van der Waals surface area contributed by atoms with Crippen LogP contribution in [0.4, 0.5) is 13.2 Å². The van der Waals surface area contributed by atoms with Crippen molar-refractivity contribution < 1.29 is 31.1 Å². The molecule has 1 aliphatic heterocycles. The number of benzene rings is 1. The van der Waals surface area contributed by atoms with Gasteiger partial charge in [0.1, 0.15) is 12.7 Å². The van der Waals surface area contributed by atoms with E-state index in [1.165, 1.54) is 6.07 Å². The molecule has 0 N–H and O–H groups in total. The minimum atomic E-state index is -4.81. The molecule has 178 valence electrons. The molecule has 34 heavy (non-hydrogen) atoms. The number of aromatic nitrogens is 1. The normalized spacial score (nSPS) is 15.8. The topological polar surface area (TPSA) is 91.9 Å². The Morgan fingerprint density at radius 2 is 1.79 bits per heavy atom. The molecule has 0 unspecified atom stereocenters. The lowest BCUT2D eigenvalue weighted by atomic mass is 9.98. The Kier molecular flexibility index (Phi) is 6.38. The Balaban J connectivity index is 1.41. The highest BCUT2D eigenvalue weighted by atomic mass is 32.2. The van der Waals surface area contributed by atoms with Gasteiger partial charge in [0.15, 0.2) is 0 Å². The highest BCUT2D eigenvalue weighted by Crippen LogP contribution is 2.36. The molecule has 2 aromatic heterocycles. The van der Waals surface area contributed by atoms with Gasteiger partial charge in [-0.3, -0.25) is 4.79 Å². The number of ether oxygens (including phenoxy) is 1. The third-order valence-electron chi connectivity index (χ3n) is 5.84. The number of alkyl halides is 3. The standard InChI is InChI=1S/C23H20F3N3O4S/c24-23(25,26)19-5-1-2-7-21(19)34(31,32)29-11-8-16(9-12-29)22(30)33-15-17-14-28-10-4-3-6-20(28)18(17)13-27/h1-7,10,14,16H,8-9,11-12,15H2. The Morgan fingerprint density at radius 3 is 2.47 bits per heavy atom. The smallest absolute Gasteiger partial charge is 0.417 e. The summed E-state index contributed by atoms with van der Waals surface area (Å²) in [6, 6.07) is 11.5. The minimum Gasteiger partial charge on any atom is -0.460 e. The van der Waals surface area contributed by atoms with Gasteiger partial charge in [-0.15, -0.1) is 0 Å². The number of nitriles is 1. The summed E-state index contributed by atoms with van der Waals surface area (Å²) >= 11 is 0. The minimum absolute atomic E-state index is 0.103. The fourth-order valence-corrected chi connectivity index (χ4v) is 5.76. The number of nitrogens with zero attached hydrogens (tertiary/aromatic N) is 3. The van der Waals surface area contributed by atoms with Gasteiger partial charge in [0.05, 0.1) is 27.5 Å². The Hall–Kier alpha value is -3.36. The van der Waals surface area contributed by atoms with Crippen molar-refractivity contribution >= 4 is 21.5 Å². The van der Waals surface area contributed by atoms with E-state index in [2.05, 4.69) is 6.07 Å². The molecule has 0 saturated carbocycles. The molecule has 0 aliphatic carbocycles. The molecule has 3 aromatic rings. The monoisotopic (exact) mass is 491 g/mol. The van der Waals surface area contributed by atoms with Gasteiger partial charge in [-0.1, -0.05) is 18.2 Å². The number of carbonyl (C=O) groups is 1. The van der Waals surface area contributed by atoms with Crippen molar-refractivity contribution in [3.8, 4) is 6.07 Å². The number of hydrogen-bond acceptors (Lipinski definition) is 5. The van der Waals surface area contributed by atoms with Gasteiger partial charge in [0.25, 0.3) is 0 Å². The van der Waals surface area contributed by atoms with E-state index >= 15 is 0 Å². The summed E-state index contributed by atoms with van der Waals surface area (Å²) < 4.78 is 73.7. The number of rotatable bonds is 5. The predicted octanol–water partition coefficient (Wildman–Crippen LogP) is 3.97. The van der Waals surface area contributed by atoms with E-state index in [9.17, 15) is 31.6 Å². The van der Waals surface area contributed by atoms with Crippen LogP contribution >= 0.6 is 0 Å². The van der Waals surface area contributed by atoms with Crippen LogP contribution in [0.15, 0.2) is 59.8 Å². The van der Waals surface area contributed by atoms with E-state index < -0.39 is 38.5 Å². The Labute approximate surface area is 194 Å². The van der Waals surface area contributed by atoms with Crippen molar-refractivity contribution in [3.05, 3.63) is 71.5 Å². The van der Waals surface area contributed by atoms with Crippen LogP contribution in [0.25, 0.3) is 5.52 Å². The molecule has 1 saturated heterocycles. The molecule has 0 atom stereocenters. The van der Waals surface area contributed by atoms with Gasteiger partial charge in [-0.2, -0.15) is 22.7 Å². The number of carbonyl (C=O) groups excluding carboxylic acids is 1. The first kappa shape index (κ1) is 23.8. The van der Waals surface area contributed by atoms with E-state index in [1.807, 2.05) is 0 Å². The molecule has 4 rings (SSSR count). The number of hydrogen-bond donors (Lipinski definition) is 0. The second kappa shape index (κ2) is 9.12. The number of esters is 1. The summed E-state index contributed by atoms with van der Waals surface area (Å²) in [5.74, 6) is -1.13. The summed E-state index contributed by atoms with van der Waals surface area (Å²) in [6.07, 6.45) is -1.09. The first-order valence-electron chi connectivity index (χ1n) is 10.4. The summed E-state index contributed by atoms with van der Waals surface area (Å²) in [4.78, 5) is 11.8. The molecular weight excluding hydrogens is 471 g/mol. The third-order valence-corrected chi connectivity index (χ3v) is 7.80. The van der Waals surface area contributed by atoms with Crippen LogP contribution in [0.1, 0.15) is 29.5 Å². The Bertz CT molecular complexity index is 1370. The van der Waals surface area contributed by atoms with Crippen molar-refractivity contribution in [3.63, 3.8) is 0 Å². The highest BCUT2D eigenvalue weighted by molar-refractivity contribution is 7.89. The summed E-state index contributed by atoms with van der Waals surface area (Å²) in [5.41, 5.74) is 0.418. The Morgan fingerprint density at radius 1 is 1.12 bits per heavy atom. The lowest BCUT2D eigenvalue weighted by Gasteiger charge is -2.30. The molecule has 11 heteroatoms. The van der Waals surface area contributed by atoms with Crippen molar-refractivity contribution in [2.75, 3.05) is 13.1 Å². The molecule has 1 fully saturated rings. The zero-order valence-corrected chi connectivity index (χ0v) is 18.6. The van der Waals surface area contributed by atoms with Gasteiger partial charge in [-0.25, -0.2) is 8.42 Å². The molecule has 0 radical (unpaired) electrons. The maximum absolute atomic E-state index is 13.3. The molecule has 0 spiro atoms. The molecule has 0 amide bonds. The lowest BCUT2D eigenvalue weighted by Crippen LogP contribution is -2.41. The van der Waals surface area contributed by atoms with Gasteiger partial charge < -0.3 is 9.14 Å². The van der Waals surface area contributed by atoms with Crippen LogP contribution in [-0.4, -0.2) is 36.2 Å². The average molecular weight is 491 g/mol. The number of pyridine rings is 1. The molecule has 1 aromatic carbocycles. The van der Waals surface area contributed by atoms with Crippen LogP contribution in [0, 0.1) is 17.2 Å². The molecule has 3 heterocycles. The summed E-state index contributed by atoms with van der Waals surface area (Å²) in [7, 11) is -4.38. The maximum atomic E-state index is 13.3. The van der Waals surface area contributed by atoms with Crippen LogP contribution in [-0.2, 0) is 32.3 Å². The highest BCUT2D eigenvalue weighted by Gasteiger charge is 2.40. The third kappa shape index (κ3) is 4.51. The zero-order chi connectivity index (χ0) is 24.5. The van der Waals surface area contributed by atoms with Crippen LogP contribution in [0.5, 0.6) is 0 Å². The fourth-order valence-electron chi connectivity index (χ4n) is 4.08. The first-order chi connectivity index (χ1) is 16.1. The van der Waals surface area contributed by atoms with Crippen molar-refractivity contribution in [2.45, 2.75) is 30.5 Å². The molecule has 1 aliphatic rings. The van der Waals surface area contributed by atoms with Crippen molar-refractivity contribution in [1.29, 1.82) is 5.26 Å². The van der Waals surface area contributed by atoms with E-state index in [4.69, 9.17) is 4.74 Å². The van der Waals surface area contributed by atoms with Crippen LogP contribution in [0.3, 0.4) is 0 Å². The number of piperidine rings is 1. The quantitative estimate of drug-likeness (QED) is 0.504. The van der Waals surface area contributed by atoms with Gasteiger partial charge in [-0.05, 0) is 37.1 Å². The van der Waals surface area contributed by atoms with Gasteiger partial charge >= 0.3 is 12.1 Å². The van der Waals surface area contributed by atoms with Crippen LogP contribution in [0.2, 0.25) is 0 Å². The fraction of sp³-hybridized carbons (Fsp3) is 0.304. The van der Waals surface area contributed by atoms with E-state index in [0.717, 1.165) is 22.5 Å². The van der Waals surface area contributed by atoms with Gasteiger partial charge in [0, 0.05) is 31.0 Å². The summed E-state index contributed by atoms with van der Waals surface area (Å²) in [5, 5.41) is 9.45. The lowest BCUT2D eigenvalue weighted by molar-refractivity contribution is -0.151. The van der Waals surface area contributed by atoms with E-state index in [-0.39, 0.29) is 32.5 Å². The first-order valence-corrected chi connectivity index (χ1v) is 11.9. The van der Waals surface area contributed by atoms with Gasteiger partial charge in [0.2, 0.25) is 10.0 Å². The number of fused-ring (bicyclic) bond motifs is 1. The number of sulfonamides is 1. The molecule has 7 nitrogen and oxygen atoms in total. The van der Waals surface area contributed by atoms with Crippen molar-refractivity contribution in [1.82, 2.24) is 8.71 Å². The second-order valence-electron chi connectivity index (χ2n) is 7.91. The number of halogens is 3. The zero-order valence-electron chi connectivity index (χ0n) is 17.8. The second-order valence-corrected chi connectivity index (χ2v) is 9.82. The SMILES string of the molecule is N#Cc1c(COC(=O)C2CCN(S(=O)(=O)c3ccccc3C(F)(F)F)CC2)cn2ccccc12. The average Bonchev–Trinajstić information content (AvgIpc) is 3.19. The predicted molar refractivity (Wildman–Crippen MR) is 115 cm³/mol. The molecule has 0 bridgehead atoms. The summed E-state index contributed by atoms with van der Waals surface area (Å²) in [6.45, 7) is -0.317. The van der Waals surface area contributed by atoms with Crippen LogP contribution < -0.4 is 0 Å². The van der Waals surface area contributed by atoms with E-state index in [1.54, 1.807) is 35.0 Å².